The van der Waals surface area contributed by atoms with Crippen LogP contribution in [0.4, 0.5) is 13.2 Å². The highest BCUT2D eigenvalue weighted by Gasteiger charge is 2.38. The number of carbonyl (C=O) groups excluding carboxylic acids is 1. The van der Waals surface area contributed by atoms with Gasteiger partial charge in [0.2, 0.25) is 0 Å². The van der Waals surface area contributed by atoms with Gasteiger partial charge >= 0.3 is 12.1 Å². The van der Waals surface area contributed by atoms with Crippen LogP contribution in [0, 0.1) is 0 Å². The number of alkyl halides is 3. The molecule has 1 unspecified atom stereocenters. The van der Waals surface area contributed by atoms with Crippen LogP contribution in [0.25, 0.3) is 11.4 Å². The van der Waals surface area contributed by atoms with Gasteiger partial charge in [-0.3, -0.25) is 9.89 Å². The molecule has 33 heavy (non-hydrogen) atoms. The van der Waals surface area contributed by atoms with Crippen molar-refractivity contribution < 1.29 is 27.9 Å². The predicted octanol–water partition coefficient (Wildman–Crippen LogP) is 1.55. The summed E-state index contributed by atoms with van der Waals surface area (Å²) in [7, 11) is 0. The van der Waals surface area contributed by atoms with Crippen molar-refractivity contribution in [2.45, 2.75) is 31.6 Å². The van der Waals surface area contributed by atoms with E-state index in [2.05, 4.69) is 36.1 Å². The molecular weight excluding hydrogens is 445 g/mol. The first-order chi connectivity index (χ1) is 15.7. The summed E-state index contributed by atoms with van der Waals surface area (Å²) < 4.78 is 33.5. The van der Waals surface area contributed by atoms with Gasteiger partial charge in [0.25, 0.3) is 5.91 Å². The summed E-state index contributed by atoms with van der Waals surface area (Å²) in [5, 5.41) is 28.3. The van der Waals surface area contributed by atoms with Crippen LogP contribution >= 0.6 is 0 Å². The van der Waals surface area contributed by atoms with E-state index in [1.807, 2.05) is 30.3 Å². The molecule has 14 heteroatoms. The molecule has 1 aliphatic rings. The molecule has 1 amide bonds. The molecule has 1 saturated heterocycles. The van der Waals surface area contributed by atoms with Gasteiger partial charge in [-0.2, -0.15) is 18.3 Å². The molecule has 0 bridgehead atoms. The minimum absolute atomic E-state index is 0.247. The molecule has 0 saturated carbocycles. The molecule has 1 aliphatic heterocycles. The highest BCUT2D eigenvalue weighted by atomic mass is 19.4. The van der Waals surface area contributed by atoms with E-state index in [-0.39, 0.29) is 18.5 Å². The van der Waals surface area contributed by atoms with Crippen molar-refractivity contribution in [1.82, 2.24) is 40.8 Å². The lowest BCUT2D eigenvalue weighted by Gasteiger charge is -2.22. The Kier molecular flexibility index (Phi) is 7.71. The van der Waals surface area contributed by atoms with Crippen LogP contribution in [0.15, 0.2) is 36.5 Å². The topological polar surface area (TPSA) is 151 Å². The Morgan fingerprint density at radius 2 is 1.97 bits per heavy atom. The molecule has 1 fully saturated rings. The number of aromatic amines is 1. The minimum Gasteiger partial charge on any atom is -0.475 e. The van der Waals surface area contributed by atoms with Crippen molar-refractivity contribution in [3.05, 3.63) is 48.0 Å². The summed E-state index contributed by atoms with van der Waals surface area (Å²) in [6.07, 6.45) is -1.25. The quantitative estimate of drug-likeness (QED) is 0.442. The zero-order valence-electron chi connectivity index (χ0n) is 17.2. The van der Waals surface area contributed by atoms with Crippen LogP contribution in [0.1, 0.15) is 35.2 Å². The van der Waals surface area contributed by atoms with E-state index >= 15 is 0 Å². The number of piperidine rings is 1. The zero-order chi connectivity index (χ0) is 23.8. The number of benzene rings is 1. The maximum Gasteiger partial charge on any atom is 0.490 e. The van der Waals surface area contributed by atoms with E-state index in [9.17, 15) is 18.0 Å². The number of carboxylic acids is 1. The Morgan fingerprint density at radius 3 is 2.61 bits per heavy atom. The molecular formula is C19H21F3N8O3. The van der Waals surface area contributed by atoms with Crippen molar-refractivity contribution in [2.24, 2.45) is 0 Å². The number of H-pyrrole nitrogens is 1. The molecule has 1 aromatic carbocycles. The molecule has 176 valence electrons. The zero-order valence-corrected chi connectivity index (χ0v) is 17.2. The third kappa shape index (κ3) is 6.83. The SMILES string of the molecule is O=C(NCc1nc(-c2ccccc2)n[nH]1)c1cn(C2CCCNC2)nn1.O=C(O)C(F)(F)F. The number of nitrogens with one attached hydrogen (secondary N) is 3. The lowest BCUT2D eigenvalue weighted by molar-refractivity contribution is -0.192. The van der Waals surface area contributed by atoms with Crippen molar-refractivity contribution >= 4 is 11.9 Å². The molecule has 3 heterocycles. The van der Waals surface area contributed by atoms with Crippen molar-refractivity contribution in [3.63, 3.8) is 0 Å². The van der Waals surface area contributed by atoms with Crippen LogP contribution in [0.5, 0.6) is 0 Å². The first kappa shape index (κ1) is 23.8. The summed E-state index contributed by atoms with van der Waals surface area (Å²) in [5.41, 5.74) is 1.23. The molecule has 1 atom stereocenters. The number of carbonyl (C=O) groups is 2. The van der Waals surface area contributed by atoms with E-state index in [1.165, 1.54) is 0 Å². The first-order valence-electron chi connectivity index (χ1n) is 9.91. The van der Waals surface area contributed by atoms with Crippen LogP contribution in [-0.2, 0) is 11.3 Å². The van der Waals surface area contributed by atoms with Gasteiger partial charge in [0.1, 0.15) is 5.82 Å². The number of amides is 1. The Labute approximate surface area is 185 Å². The summed E-state index contributed by atoms with van der Waals surface area (Å²) in [4.78, 5) is 25.6. The normalized spacial score (nSPS) is 15.9. The fourth-order valence-electron chi connectivity index (χ4n) is 2.96. The number of hydrogen-bond donors (Lipinski definition) is 4. The van der Waals surface area contributed by atoms with Gasteiger partial charge in [0, 0.05) is 12.1 Å². The molecule has 0 radical (unpaired) electrons. The molecule has 4 rings (SSSR count). The Bertz CT molecular complexity index is 1060. The molecule has 11 nitrogen and oxygen atoms in total. The monoisotopic (exact) mass is 466 g/mol. The second kappa shape index (κ2) is 10.7. The van der Waals surface area contributed by atoms with Crippen LogP contribution in [0.3, 0.4) is 0 Å². The second-order valence-corrected chi connectivity index (χ2v) is 7.04. The summed E-state index contributed by atoms with van der Waals surface area (Å²) >= 11 is 0. The van der Waals surface area contributed by atoms with E-state index in [0.29, 0.717) is 17.3 Å². The van der Waals surface area contributed by atoms with Gasteiger partial charge in [0.05, 0.1) is 18.8 Å². The van der Waals surface area contributed by atoms with Crippen LogP contribution in [-0.4, -0.2) is 66.4 Å². The Hall–Kier alpha value is -3.81. The lowest BCUT2D eigenvalue weighted by Crippen LogP contribution is -2.32. The summed E-state index contributed by atoms with van der Waals surface area (Å²) in [6.45, 7) is 2.13. The van der Waals surface area contributed by atoms with E-state index in [4.69, 9.17) is 9.90 Å². The average Bonchev–Trinajstić information content (AvgIpc) is 3.49. The maximum atomic E-state index is 12.3. The van der Waals surface area contributed by atoms with Crippen LogP contribution < -0.4 is 10.6 Å². The van der Waals surface area contributed by atoms with Crippen molar-refractivity contribution in [2.75, 3.05) is 13.1 Å². The van der Waals surface area contributed by atoms with Gasteiger partial charge in [-0.1, -0.05) is 35.5 Å². The summed E-state index contributed by atoms with van der Waals surface area (Å²) in [6, 6.07) is 9.92. The number of hydrogen-bond acceptors (Lipinski definition) is 7. The molecule has 0 aliphatic carbocycles. The maximum absolute atomic E-state index is 12.3. The molecule has 0 spiro atoms. The van der Waals surface area contributed by atoms with Crippen molar-refractivity contribution in [3.8, 4) is 11.4 Å². The molecule has 2 aromatic heterocycles. The smallest absolute Gasteiger partial charge is 0.475 e. The Balaban J connectivity index is 0.000000383. The predicted molar refractivity (Wildman–Crippen MR) is 108 cm³/mol. The number of halogens is 3. The third-order valence-corrected chi connectivity index (χ3v) is 4.61. The minimum atomic E-state index is -5.08. The van der Waals surface area contributed by atoms with Gasteiger partial charge in [0.15, 0.2) is 11.5 Å². The molecule has 3 aromatic rings. The highest BCUT2D eigenvalue weighted by molar-refractivity contribution is 5.91. The van der Waals surface area contributed by atoms with E-state index in [0.717, 1.165) is 31.5 Å². The largest absolute Gasteiger partial charge is 0.490 e. The number of aliphatic carboxylic acids is 1. The van der Waals surface area contributed by atoms with Gasteiger partial charge < -0.3 is 15.7 Å². The number of nitrogens with zero attached hydrogens (tertiary/aromatic N) is 5. The van der Waals surface area contributed by atoms with E-state index < -0.39 is 12.1 Å². The van der Waals surface area contributed by atoms with Gasteiger partial charge in [-0.05, 0) is 19.4 Å². The van der Waals surface area contributed by atoms with Gasteiger partial charge in [-0.25, -0.2) is 14.5 Å². The lowest BCUT2D eigenvalue weighted by atomic mass is 10.1. The third-order valence-electron chi connectivity index (χ3n) is 4.61. The average molecular weight is 466 g/mol. The highest BCUT2D eigenvalue weighted by Crippen LogP contribution is 2.16. The first-order valence-corrected chi connectivity index (χ1v) is 9.91. The fraction of sp³-hybridized carbons (Fsp3) is 0.368. The number of aromatic nitrogens is 6. The number of rotatable bonds is 5. The standard InChI is InChI=1S/C17H20N8O.C2HF3O2/c26-17(14-11-25(24-21-14)13-7-4-8-18-9-13)19-10-15-20-16(23-22-15)12-5-2-1-3-6-12;3-2(4,5)1(6)7/h1-3,5-6,11,13,18H,4,7-10H2,(H,19,26)(H,20,22,23);(H,6,7). The second-order valence-electron chi connectivity index (χ2n) is 7.04. The van der Waals surface area contributed by atoms with Gasteiger partial charge in [-0.15, -0.1) is 5.10 Å². The number of carboxylic acid groups (broad SMARTS) is 1. The fourth-order valence-corrected chi connectivity index (χ4v) is 2.96. The molecule has 4 N–H and O–H groups in total. The summed E-state index contributed by atoms with van der Waals surface area (Å²) in [5.74, 6) is -1.85. The Morgan fingerprint density at radius 1 is 1.24 bits per heavy atom. The van der Waals surface area contributed by atoms with Crippen LogP contribution in [0.2, 0.25) is 0 Å². The van der Waals surface area contributed by atoms with Crippen molar-refractivity contribution in [1.29, 1.82) is 0 Å². The van der Waals surface area contributed by atoms with E-state index in [1.54, 1.807) is 10.9 Å².